The third kappa shape index (κ3) is 3.60. The van der Waals surface area contributed by atoms with E-state index in [0.717, 1.165) is 22.3 Å². The van der Waals surface area contributed by atoms with Crippen molar-refractivity contribution in [3.05, 3.63) is 0 Å². The summed E-state index contributed by atoms with van der Waals surface area (Å²) < 4.78 is 0. The lowest BCUT2D eigenvalue weighted by atomic mass is 9.90. The van der Waals surface area contributed by atoms with Crippen LogP contribution in [0.3, 0.4) is 0 Å². The Morgan fingerprint density at radius 2 is 1.50 bits per heavy atom. The first-order valence-electron chi connectivity index (χ1n) is 6.98. The molecule has 0 aromatic rings. The van der Waals surface area contributed by atoms with Gasteiger partial charge in [0.15, 0.2) is 0 Å². The van der Waals surface area contributed by atoms with E-state index >= 15 is 0 Å². The molecule has 0 heterocycles. The van der Waals surface area contributed by atoms with E-state index in [1.165, 1.54) is 44.9 Å². The van der Waals surface area contributed by atoms with Crippen molar-refractivity contribution in [1.29, 1.82) is 0 Å². The largest absolute Gasteiger partial charge is 0.175 e. The zero-order chi connectivity index (χ0) is 11.5. The lowest BCUT2D eigenvalue weighted by Crippen LogP contribution is -2.29. The monoisotopic (exact) mass is 258 g/mol. The normalized spacial score (nSPS) is 45.6. The maximum atomic E-state index is 4.79. The third-order valence-electron chi connectivity index (χ3n) is 4.35. The Hall–Kier alpha value is 0.700. The van der Waals surface area contributed by atoms with Crippen LogP contribution < -0.4 is 0 Å². The predicted octanol–water partition coefficient (Wildman–Crippen LogP) is 4.79. The zero-order valence-electron chi connectivity index (χ0n) is 10.7. The summed E-state index contributed by atoms with van der Waals surface area (Å²) in [5.74, 6) is 1.91. The number of thiol groups is 1. The van der Waals surface area contributed by atoms with Crippen LogP contribution in [0.25, 0.3) is 0 Å². The summed E-state index contributed by atoms with van der Waals surface area (Å²) in [4.78, 5) is 0. The fourth-order valence-corrected chi connectivity index (χ4v) is 5.35. The van der Waals surface area contributed by atoms with Crippen LogP contribution in [0.15, 0.2) is 0 Å². The van der Waals surface area contributed by atoms with Crippen LogP contribution in [0.1, 0.15) is 58.8 Å². The number of hydrogen-bond donors (Lipinski definition) is 1. The van der Waals surface area contributed by atoms with Crippen LogP contribution in [0.4, 0.5) is 0 Å². The average molecular weight is 258 g/mol. The molecule has 94 valence electrons. The second-order valence-corrected chi connectivity index (χ2v) is 8.25. The summed E-state index contributed by atoms with van der Waals surface area (Å²) >= 11 is 7.07. The molecule has 3 unspecified atom stereocenters. The molecule has 0 saturated heterocycles. The maximum absolute atomic E-state index is 4.79. The highest BCUT2D eigenvalue weighted by molar-refractivity contribution is 8.01. The van der Waals surface area contributed by atoms with E-state index in [9.17, 15) is 0 Å². The van der Waals surface area contributed by atoms with Crippen molar-refractivity contribution in [1.82, 2.24) is 0 Å². The summed E-state index contributed by atoms with van der Waals surface area (Å²) in [5.41, 5.74) is 0. The molecule has 0 nitrogen and oxygen atoms in total. The van der Waals surface area contributed by atoms with Gasteiger partial charge in [0.05, 0.1) is 0 Å². The van der Waals surface area contributed by atoms with Crippen molar-refractivity contribution in [2.75, 3.05) is 0 Å². The SMILES string of the molecule is CC1CCC(SC2CC(C)CCC2S)CC1. The summed E-state index contributed by atoms with van der Waals surface area (Å²) in [6, 6.07) is 0. The van der Waals surface area contributed by atoms with Gasteiger partial charge in [0.1, 0.15) is 0 Å². The first kappa shape index (κ1) is 13.1. The lowest BCUT2D eigenvalue weighted by molar-refractivity contribution is 0.383. The first-order chi connectivity index (χ1) is 7.65. The van der Waals surface area contributed by atoms with Gasteiger partial charge >= 0.3 is 0 Å². The van der Waals surface area contributed by atoms with Gasteiger partial charge in [-0.25, -0.2) is 0 Å². The molecule has 2 fully saturated rings. The van der Waals surface area contributed by atoms with Crippen molar-refractivity contribution in [2.24, 2.45) is 11.8 Å². The lowest BCUT2D eigenvalue weighted by Gasteiger charge is -2.35. The number of hydrogen-bond acceptors (Lipinski definition) is 2. The van der Waals surface area contributed by atoms with Gasteiger partial charge in [0.25, 0.3) is 0 Å². The topological polar surface area (TPSA) is 0 Å². The van der Waals surface area contributed by atoms with Gasteiger partial charge in [-0.05, 0) is 56.8 Å². The Balaban J connectivity index is 1.79. The van der Waals surface area contributed by atoms with Gasteiger partial charge in [0.2, 0.25) is 0 Å². The van der Waals surface area contributed by atoms with E-state index in [2.05, 4.69) is 25.6 Å². The molecule has 3 atom stereocenters. The molecule has 0 N–H and O–H groups in total. The highest BCUT2D eigenvalue weighted by Crippen LogP contribution is 2.41. The average Bonchev–Trinajstić information content (AvgIpc) is 2.27. The van der Waals surface area contributed by atoms with Crippen LogP contribution in [0, 0.1) is 11.8 Å². The second kappa shape index (κ2) is 6.04. The molecule has 2 aliphatic rings. The van der Waals surface area contributed by atoms with Gasteiger partial charge in [-0.15, -0.1) is 0 Å². The van der Waals surface area contributed by atoms with E-state index in [0.29, 0.717) is 5.25 Å². The minimum atomic E-state index is 0.667. The van der Waals surface area contributed by atoms with Crippen molar-refractivity contribution >= 4 is 24.4 Å². The molecular formula is C14H26S2. The van der Waals surface area contributed by atoms with Crippen LogP contribution >= 0.6 is 24.4 Å². The van der Waals surface area contributed by atoms with Crippen LogP contribution in [-0.2, 0) is 0 Å². The Labute approximate surface area is 111 Å². The van der Waals surface area contributed by atoms with E-state index < -0.39 is 0 Å². The van der Waals surface area contributed by atoms with Gasteiger partial charge in [-0.2, -0.15) is 24.4 Å². The van der Waals surface area contributed by atoms with E-state index in [4.69, 9.17) is 12.6 Å². The summed E-state index contributed by atoms with van der Waals surface area (Å²) in [6.45, 7) is 4.82. The van der Waals surface area contributed by atoms with Gasteiger partial charge < -0.3 is 0 Å². The molecule has 2 rings (SSSR count). The number of thioether (sulfide) groups is 1. The van der Waals surface area contributed by atoms with Crippen LogP contribution in [0.2, 0.25) is 0 Å². The standard InChI is InChI=1S/C14H26S2/c1-10-3-6-12(7-4-10)16-14-9-11(2)5-8-13(14)15/h10-15H,3-9H2,1-2H3. The van der Waals surface area contributed by atoms with Gasteiger partial charge in [-0.1, -0.05) is 13.8 Å². The minimum Gasteiger partial charge on any atom is -0.175 e. The summed E-state index contributed by atoms with van der Waals surface area (Å²) in [7, 11) is 0. The molecule has 2 saturated carbocycles. The van der Waals surface area contributed by atoms with Crippen molar-refractivity contribution < 1.29 is 0 Å². The Morgan fingerprint density at radius 1 is 0.875 bits per heavy atom. The van der Waals surface area contributed by atoms with Crippen molar-refractivity contribution in [3.8, 4) is 0 Å². The molecule has 0 aliphatic heterocycles. The van der Waals surface area contributed by atoms with E-state index in [1.807, 2.05) is 0 Å². The molecule has 0 aromatic carbocycles. The third-order valence-corrected chi connectivity index (χ3v) is 6.90. The molecule has 2 heteroatoms. The Bertz CT molecular complexity index is 209. The molecule has 16 heavy (non-hydrogen) atoms. The predicted molar refractivity (Wildman–Crippen MR) is 78.6 cm³/mol. The quantitative estimate of drug-likeness (QED) is 0.695. The maximum Gasteiger partial charge on any atom is 0.0169 e. The van der Waals surface area contributed by atoms with E-state index in [1.54, 1.807) is 0 Å². The fraction of sp³-hybridized carbons (Fsp3) is 1.00. The fourth-order valence-electron chi connectivity index (χ4n) is 3.07. The van der Waals surface area contributed by atoms with Crippen molar-refractivity contribution in [2.45, 2.75) is 74.5 Å². The van der Waals surface area contributed by atoms with E-state index in [-0.39, 0.29) is 0 Å². The summed E-state index contributed by atoms with van der Waals surface area (Å²) in [6.07, 6.45) is 9.96. The van der Waals surface area contributed by atoms with Crippen LogP contribution in [0.5, 0.6) is 0 Å². The molecule has 0 radical (unpaired) electrons. The smallest absolute Gasteiger partial charge is 0.0169 e. The molecular weight excluding hydrogens is 232 g/mol. The first-order valence-corrected chi connectivity index (χ1v) is 8.44. The minimum absolute atomic E-state index is 0.667. The Morgan fingerprint density at radius 3 is 2.19 bits per heavy atom. The van der Waals surface area contributed by atoms with Crippen molar-refractivity contribution in [3.63, 3.8) is 0 Å². The van der Waals surface area contributed by atoms with Gasteiger partial charge in [-0.3, -0.25) is 0 Å². The molecule has 0 bridgehead atoms. The summed E-state index contributed by atoms with van der Waals surface area (Å²) in [5, 5.41) is 2.45. The highest BCUT2D eigenvalue weighted by atomic mass is 32.2. The zero-order valence-corrected chi connectivity index (χ0v) is 12.4. The number of rotatable bonds is 2. The second-order valence-electron chi connectivity index (χ2n) is 6.04. The van der Waals surface area contributed by atoms with Crippen LogP contribution in [-0.4, -0.2) is 15.7 Å². The Kier molecular flexibility index (Phi) is 4.96. The molecule has 0 spiro atoms. The molecule has 0 amide bonds. The molecule has 0 aromatic heterocycles. The molecule has 2 aliphatic carbocycles. The highest BCUT2D eigenvalue weighted by Gasteiger charge is 2.30. The van der Waals surface area contributed by atoms with Gasteiger partial charge in [0, 0.05) is 15.7 Å².